The molecule has 132 valence electrons. The molecule has 4 aromatic heterocycles. The second-order valence-electron chi connectivity index (χ2n) is 6.96. The standard InChI is InChI=1S/C19H21N7/c1-20-15-8-13(9-15)10-22-19-23-11-17-16(4-6-26(17)24-19)14-2-3-18-21-5-7-25(18)12-14/h2-7,11-13,15,20H,8-10H2,1H3,(H,22,24). The fourth-order valence-corrected chi connectivity index (χ4v) is 3.68. The van der Waals surface area contributed by atoms with Crippen molar-refractivity contribution in [1.29, 1.82) is 0 Å². The van der Waals surface area contributed by atoms with E-state index >= 15 is 0 Å². The lowest BCUT2D eigenvalue weighted by molar-refractivity contribution is 0.245. The van der Waals surface area contributed by atoms with E-state index in [0.29, 0.717) is 17.9 Å². The Balaban J connectivity index is 1.37. The van der Waals surface area contributed by atoms with Gasteiger partial charge in [-0.2, -0.15) is 0 Å². The molecule has 0 bridgehead atoms. The van der Waals surface area contributed by atoms with E-state index in [1.54, 1.807) is 6.20 Å². The molecule has 0 aliphatic heterocycles. The van der Waals surface area contributed by atoms with Gasteiger partial charge in [-0.15, -0.1) is 5.10 Å². The SMILES string of the molecule is CNC1CC(CNc2ncc3c(-c4ccc5nccn5c4)ccn3n2)C1. The summed E-state index contributed by atoms with van der Waals surface area (Å²) in [5, 5.41) is 11.3. The molecule has 0 spiro atoms. The third-order valence-electron chi connectivity index (χ3n) is 5.31. The summed E-state index contributed by atoms with van der Waals surface area (Å²) in [4.78, 5) is 8.80. The summed E-state index contributed by atoms with van der Waals surface area (Å²) in [6.45, 7) is 0.926. The number of rotatable bonds is 5. The number of anilines is 1. The summed E-state index contributed by atoms with van der Waals surface area (Å²) < 4.78 is 3.91. The second-order valence-corrected chi connectivity index (χ2v) is 6.96. The maximum Gasteiger partial charge on any atom is 0.241 e. The zero-order valence-electron chi connectivity index (χ0n) is 14.6. The van der Waals surface area contributed by atoms with Gasteiger partial charge in [-0.05, 0) is 44.0 Å². The number of nitrogens with zero attached hydrogens (tertiary/aromatic N) is 5. The Morgan fingerprint density at radius 1 is 1.15 bits per heavy atom. The third-order valence-corrected chi connectivity index (χ3v) is 5.31. The summed E-state index contributed by atoms with van der Waals surface area (Å²) in [6.07, 6.45) is 12.1. The highest BCUT2D eigenvalue weighted by Gasteiger charge is 2.27. The smallest absolute Gasteiger partial charge is 0.241 e. The molecule has 0 radical (unpaired) electrons. The van der Waals surface area contributed by atoms with Gasteiger partial charge in [0.2, 0.25) is 5.95 Å². The van der Waals surface area contributed by atoms with Crippen molar-refractivity contribution in [2.75, 3.05) is 18.9 Å². The minimum Gasteiger partial charge on any atom is -0.353 e. The monoisotopic (exact) mass is 347 g/mol. The molecule has 2 N–H and O–H groups in total. The first-order chi connectivity index (χ1) is 12.8. The Bertz CT molecular complexity index is 1060. The molecule has 7 heteroatoms. The van der Waals surface area contributed by atoms with E-state index in [2.05, 4.69) is 44.0 Å². The number of hydrogen-bond donors (Lipinski definition) is 2. The number of imidazole rings is 1. The van der Waals surface area contributed by atoms with Gasteiger partial charge in [-0.25, -0.2) is 14.5 Å². The van der Waals surface area contributed by atoms with Crippen LogP contribution in [0.4, 0.5) is 5.95 Å². The van der Waals surface area contributed by atoms with Gasteiger partial charge in [0.1, 0.15) is 5.65 Å². The van der Waals surface area contributed by atoms with Crippen LogP contribution in [0.5, 0.6) is 0 Å². The number of hydrogen-bond acceptors (Lipinski definition) is 5. The molecule has 1 saturated carbocycles. The van der Waals surface area contributed by atoms with Gasteiger partial charge in [-0.3, -0.25) is 0 Å². The summed E-state index contributed by atoms with van der Waals surface area (Å²) >= 11 is 0. The van der Waals surface area contributed by atoms with E-state index < -0.39 is 0 Å². The molecule has 0 aromatic carbocycles. The van der Waals surface area contributed by atoms with Gasteiger partial charge in [0, 0.05) is 48.5 Å². The number of fused-ring (bicyclic) bond motifs is 2. The lowest BCUT2D eigenvalue weighted by Crippen LogP contribution is -2.41. The van der Waals surface area contributed by atoms with E-state index in [1.807, 2.05) is 40.6 Å². The third kappa shape index (κ3) is 2.61. The highest BCUT2D eigenvalue weighted by molar-refractivity contribution is 5.80. The van der Waals surface area contributed by atoms with Gasteiger partial charge >= 0.3 is 0 Å². The Labute approximate surface area is 151 Å². The highest BCUT2D eigenvalue weighted by Crippen LogP contribution is 2.28. The Kier molecular flexibility index (Phi) is 3.60. The van der Waals surface area contributed by atoms with Crippen molar-refractivity contribution in [2.24, 2.45) is 5.92 Å². The summed E-state index contributed by atoms with van der Waals surface area (Å²) in [5.41, 5.74) is 4.17. The van der Waals surface area contributed by atoms with E-state index in [-0.39, 0.29) is 0 Å². The minimum atomic E-state index is 0.671. The van der Waals surface area contributed by atoms with Crippen LogP contribution in [0.3, 0.4) is 0 Å². The van der Waals surface area contributed by atoms with E-state index in [4.69, 9.17) is 0 Å². The molecule has 4 aromatic rings. The van der Waals surface area contributed by atoms with Crippen LogP contribution in [-0.2, 0) is 0 Å². The normalized spacial score (nSPS) is 19.7. The van der Waals surface area contributed by atoms with E-state index in [0.717, 1.165) is 28.8 Å². The van der Waals surface area contributed by atoms with Crippen molar-refractivity contribution >= 4 is 17.1 Å². The lowest BCUT2D eigenvalue weighted by Gasteiger charge is -2.35. The first-order valence-electron chi connectivity index (χ1n) is 8.99. The predicted octanol–water partition coefficient (Wildman–Crippen LogP) is 2.45. The van der Waals surface area contributed by atoms with E-state index in [1.165, 1.54) is 12.8 Å². The largest absolute Gasteiger partial charge is 0.353 e. The molecule has 4 heterocycles. The van der Waals surface area contributed by atoms with Gasteiger partial charge in [-0.1, -0.05) is 0 Å². The lowest BCUT2D eigenvalue weighted by atomic mass is 9.80. The molecule has 1 fully saturated rings. The molecule has 1 aliphatic rings. The molecule has 5 rings (SSSR count). The summed E-state index contributed by atoms with van der Waals surface area (Å²) in [7, 11) is 2.03. The van der Waals surface area contributed by atoms with Crippen molar-refractivity contribution < 1.29 is 0 Å². The Morgan fingerprint density at radius 2 is 2.08 bits per heavy atom. The van der Waals surface area contributed by atoms with E-state index in [9.17, 15) is 0 Å². The zero-order valence-corrected chi connectivity index (χ0v) is 14.6. The fourth-order valence-electron chi connectivity index (χ4n) is 3.68. The molecule has 1 aliphatic carbocycles. The summed E-state index contributed by atoms with van der Waals surface area (Å²) in [5.74, 6) is 1.38. The number of aromatic nitrogens is 5. The zero-order chi connectivity index (χ0) is 17.5. The van der Waals surface area contributed by atoms with Gasteiger partial charge in [0.15, 0.2) is 0 Å². The average Bonchev–Trinajstić information content (AvgIpc) is 3.26. The van der Waals surface area contributed by atoms with Crippen LogP contribution < -0.4 is 10.6 Å². The quantitative estimate of drug-likeness (QED) is 0.580. The van der Waals surface area contributed by atoms with Crippen molar-refractivity contribution in [1.82, 2.24) is 29.3 Å². The van der Waals surface area contributed by atoms with Crippen LogP contribution >= 0.6 is 0 Å². The van der Waals surface area contributed by atoms with Gasteiger partial charge < -0.3 is 15.0 Å². The predicted molar refractivity (Wildman–Crippen MR) is 101 cm³/mol. The molecule has 0 amide bonds. The molecular weight excluding hydrogens is 326 g/mol. The molecular formula is C19H21N7. The molecule has 7 nitrogen and oxygen atoms in total. The van der Waals surface area contributed by atoms with Crippen LogP contribution in [0.1, 0.15) is 12.8 Å². The van der Waals surface area contributed by atoms with Crippen molar-refractivity contribution in [3.63, 3.8) is 0 Å². The van der Waals surface area contributed by atoms with Crippen LogP contribution in [-0.4, -0.2) is 43.6 Å². The average molecular weight is 347 g/mol. The van der Waals surface area contributed by atoms with Gasteiger partial charge in [0.25, 0.3) is 0 Å². The summed E-state index contributed by atoms with van der Waals surface area (Å²) in [6, 6.07) is 6.85. The molecule has 0 saturated heterocycles. The maximum absolute atomic E-state index is 4.60. The van der Waals surface area contributed by atoms with Crippen LogP contribution in [0, 0.1) is 5.92 Å². The fraction of sp³-hybridized carbons (Fsp3) is 0.316. The van der Waals surface area contributed by atoms with Crippen LogP contribution in [0.15, 0.2) is 49.2 Å². The molecule has 26 heavy (non-hydrogen) atoms. The highest BCUT2D eigenvalue weighted by atomic mass is 15.3. The van der Waals surface area contributed by atoms with Crippen molar-refractivity contribution in [3.05, 3.63) is 49.2 Å². The maximum atomic E-state index is 4.60. The minimum absolute atomic E-state index is 0.671. The number of pyridine rings is 1. The van der Waals surface area contributed by atoms with Crippen LogP contribution in [0.2, 0.25) is 0 Å². The van der Waals surface area contributed by atoms with Crippen molar-refractivity contribution in [3.8, 4) is 11.1 Å². The second kappa shape index (κ2) is 6.10. The van der Waals surface area contributed by atoms with Gasteiger partial charge in [0.05, 0.1) is 11.7 Å². The number of nitrogens with one attached hydrogen (secondary N) is 2. The molecule has 0 unspecified atom stereocenters. The first kappa shape index (κ1) is 15.3. The van der Waals surface area contributed by atoms with Crippen molar-refractivity contribution in [2.45, 2.75) is 18.9 Å². The molecule has 0 atom stereocenters. The first-order valence-corrected chi connectivity index (χ1v) is 8.99. The van der Waals surface area contributed by atoms with Crippen LogP contribution in [0.25, 0.3) is 22.3 Å². The Morgan fingerprint density at radius 3 is 2.96 bits per heavy atom. The topological polar surface area (TPSA) is 71.5 Å². The Hall–Kier alpha value is -2.93.